The molecule has 0 radical (unpaired) electrons. The van der Waals surface area contributed by atoms with Gasteiger partial charge < -0.3 is 30.9 Å². The molecule has 0 spiro atoms. The van der Waals surface area contributed by atoms with Gasteiger partial charge in [0.05, 0.1) is 40.4 Å². The summed E-state index contributed by atoms with van der Waals surface area (Å²) in [5.74, 6) is -0.998. The lowest BCUT2D eigenvalue weighted by molar-refractivity contribution is -0.884. The van der Waals surface area contributed by atoms with E-state index in [1.165, 1.54) is 103 Å². The lowest BCUT2D eigenvalue weighted by Gasteiger charge is -2.28. The van der Waals surface area contributed by atoms with Gasteiger partial charge in [-0.25, -0.2) is 9.59 Å². The smallest absolute Gasteiger partial charge is 0.331 e. The molecule has 0 fully saturated rings. The lowest BCUT2D eigenvalue weighted by atomic mass is 10.0. The summed E-state index contributed by atoms with van der Waals surface area (Å²) in [6, 6.07) is 0. The van der Waals surface area contributed by atoms with Crippen molar-refractivity contribution in [1.82, 2.24) is 0 Å². The average Bonchev–Trinajstić information content (AvgIpc) is 2.90. The Morgan fingerprint density at radius 3 is 1.23 bits per heavy atom. The van der Waals surface area contributed by atoms with Crippen molar-refractivity contribution in [2.45, 2.75) is 143 Å². The maximum atomic E-state index is 11.0. The Labute approximate surface area is 259 Å². The van der Waals surface area contributed by atoms with Crippen LogP contribution in [-0.4, -0.2) is 56.8 Å². The zero-order valence-corrected chi connectivity index (χ0v) is 28.7. The van der Waals surface area contributed by atoms with Crippen LogP contribution in [0.25, 0.3) is 0 Å². The molecule has 5 nitrogen and oxygen atoms in total. The molecule has 0 saturated carbocycles. The molecule has 0 atom stereocenters. The molecule has 40 heavy (non-hydrogen) atoms. The highest BCUT2D eigenvalue weighted by atomic mass is 79.9. The molecule has 0 aromatic carbocycles. The van der Waals surface area contributed by atoms with Crippen LogP contribution in [0.15, 0.2) is 24.8 Å². The maximum Gasteiger partial charge on any atom is 0.331 e. The highest BCUT2D eigenvalue weighted by Gasteiger charge is 2.11. The van der Waals surface area contributed by atoms with Crippen LogP contribution in [0.1, 0.15) is 143 Å². The van der Waals surface area contributed by atoms with E-state index in [-0.39, 0.29) is 17.0 Å². The number of nitrogens with zero attached hydrogens (tertiary/aromatic N) is 1. The molecule has 6 heteroatoms. The van der Waals surface area contributed by atoms with Crippen LogP contribution in [0.5, 0.6) is 0 Å². The van der Waals surface area contributed by atoms with Crippen LogP contribution in [0.4, 0.5) is 0 Å². The van der Waals surface area contributed by atoms with Gasteiger partial charge in [-0.3, -0.25) is 0 Å². The Balaban J connectivity index is -0.000000710. The molecule has 0 unspecified atom stereocenters. The minimum Gasteiger partial charge on any atom is -1.00 e. The number of hydrogen-bond acceptors (Lipinski definition) is 4. The predicted molar refractivity (Wildman–Crippen MR) is 168 cm³/mol. The number of unbranched alkanes of at least 4 members (excludes halogenated alkanes) is 16. The van der Waals surface area contributed by atoms with E-state index in [0.717, 1.165) is 48.9 Å². The first kappa shape index (κ1) is 43.3. The Bertz CT molecular complexity index is 568. The zero-order chi connectivity index (χ0) is 29.5. The molecule has 0 amide bonds. The maximum absolute atomic E-state index is 11.0. The number of likely N-dealkylation sites (N-methyl/N-ethyl adjacent to an activating group) is 1. The highest BCUT2D eigenvalue weighted by molar-refractivity contribution is 5.91. The minimum absolute atomic E-state index is 0. The molecule has 0 aromatic rings. The summed E-state index contributed by atoms with van der Waals surface area (Å²) in [6.45, 7) is 13.3. The number of esters is 2. The molecule has 0 aromatic heterocycles. The Morgan fingerprint density at radius 2 is 0.900 bits per heavy atom. The second-order valence-electron chi connectivity index (χ2n) is 11.5. The molecule has 0 aliphatic rings. The van der Waals surface area contributed by atoms with Gasteiger partial charge in [-0.15, -0.1) is 0 Å². The van der Waals surface area contributed by atoms with Gasteiger partial charge in [0.1, 0.15) is 0 Å². The van der Waals surface area contributed by atoms with E-state index >= 15 is 0 Å². The summed E-state index contributed by atoms with van der Waals surface area (Å²) in [5, 5.41) is 0. The first-order valence-corrected chi connectivity index (χ1v) is 16.3. The fourth-order valence-corrected chi connectivity index (χ4v) is 4.22. The summed E-state index contributed by atoms with van der Waals surface area (Å²) in [6.07, 6.45) is 29.5. The van der Waals surface area contributed by atoms with Crippen molar-refractivity contribution in [2.75, 3.05) is 40.4 Å². The second-order valence-corrected chi connectivity index (χ2v) is 11.5. The fraction of sp³-hybridized carbons (Fsp3) is 0.824. The van der Waals surface area contributed by atoms with Gasteiger partial charge in [-0.2, -0.15) is 0 Å². The van der Waals surface area contributed by atoms with Gasteiger partial charge in [0.2, 0.25) is 0 Å². The molecule has 0 N–H and O–H groups in total. The van der Waals surface area contributed by atoms with E-state index < -0.39 is 11.9 Å². The van der Waals surface area contributed by atoms with Crippen molar-refractivity contribution in [3.63, 3.8) is 0 Å². The topological polar surface area (TPSA) is 52.6 Å². The SMILES string of the molecule is C=CC[N+](C)(C)CCCCCCCCCCCCCCCCC.CCCCOC(=O)/C=C\C(=O)OCCCC.[Br-]. The lowest BCUT2D eigenvalue weighted by Crippen LogP contribution is -3.00. The molecule has 238 valence electrons. The zero-order valence-electron chi connectivity index (χ0n) is 27.2. The molecular weight excluding hydrogens is 566 g/mol. The van der Waals surface area contributed by atoms with Crippen LogP contribution in [0.2, 0.25) is 0 Å². The van der Waals surface area contributed by atoms with Crippen molar-refractivity contribution in [1.29, 1.82) is 0 Å². The van der Waals surface area contributed by atoms with Crippen molar-refractivity contribution in [3.8, 4) is 0 Å². The van der Waals surface area contributed by atoms with E-state index in [9.17, 15) is 9.59 Å². The van der Waals surface area contributed by atoms with Crippen molar-refractivity contribution < 1.29 is 40.5 Å². The predicted octanol–water partition coefficient (Wildman–Crippen LogP) is 6.35. The molecule has 0 rings (SSSR count). The number of halogens is 1. The first-order valence-electron chi connectivity index (χ1n) is 16.3. The van der Waals surface area contributed by atoms with E-state index in [1.54, 1.807) is 0 Å². The number of carbonyl (C=O) groups excluding carboxylic acids is 2. The van der Waals surface area contributed by atoms with Crippen LogP contribution >= 0.6 is 0 Å². The van der Waals surface area contributed by atoms with Crippen molar-refractivity contribution in [2.24, 2.45) is 0 Å². The average molecular weight is 633 g/mol. The van der Waals surface area contributed by atoms with E-state index in [1.807, 2.05) is 19.9 Å². The monoisotopic (exact) mass is 631 g/mol. The van der Waals surface area contributed by atoms with Gasteiger partial charge in [0.15, 0.2) is 0 Å². The summed E-state index contributed by atoms with van der Waals surface area (Å²) in [5.41, 5.74) is 0. The van der Waals surface area contributed by atoms with Gasteiger partial charge >= 0.3 is 11.9 Å². The third-order valence-corrected chi connectivity index (χ3v) is 6.83. The summed E-state index contributed by atoms with van der Waals surface area (Å²) in [7, 11) is 4.62. The van der Waals surface area contributed by atoms with Gasteiger partial charge in [0.25, 0.3) is 0 Å². The summed E-state index contributed by atoms with van der Waals surface area (Å²) >= 11 is 0. The molecular formula is C34H66BrNO4. The number of quaternary nitrogens is 1. The molecule has 0 saturated heterocycles. The number of hydrogen-bond donors (Lipinski definition) is 0. The summed E-state index contributed by atoms with van der Waals surface area (Å²) in [4.78, 5) is 22.1. The number of ether oxygens (including phenoxy) is 2. The molecule has 0 heterocycles. The van der Waals surface area contributed by atoms with E-state index in [4.69, 9.17) is 9.47 Å². The summed E-state index contributed by atoms with van der Waals surface area (Å²) < 4.78 is 10.7. The quantitative estimate of drug-likeness (QED) is 0.0367. The van der Waals surface area contributed by atoms with Crippen molar-refractivity contribution >= 4 is 11.9 Å². The Kier molecular flexibility index (Phi) is 36.9. The van der Waals surface area contributed by atoms with Gasteiger partial charge in [-0.05, 0) is 31.8 Å². The number of carbonyl (C=O) groups is 2. The highest BCUT2D eigenvalue weighted by Crippen LogP contribution is 2.13. The van der Waals surface area contributed by atoms with Crippen LogP contribution in [-0.2, 0) is 19.1 Å². The number of rotatable bonds is 26. The minimum atomic E-state index is -0.499. The largest absolute Gasteiger partial charge is 1.00 e. The van der Waals surface area contributed by atoms with Crippen LogP contribution < -0.4 is 17.0 Å². The van der Waals surface area contributed by atoms with Crippen LogP contribution in [0.3, 0.4) is 0 Å². The van der Waals surface area contributed by atoms with Gasteiger partial charge in [0, 0.05) is 12.2 Å². The second kappa shape index (κ2) is 34.1. The normalized spacial score (nSPS) is 10.9. The van der Waals surface area contributed by atoms with E-state index in [2.05, 4.69) is 27.6 Å². The van der Waals surface area contributed by atoms with Crippen molar-refractivity contribution in [3.05, 3.63) is 24.8 Å². The third-order valence-electron chi connectivity index (χ3n) is 6.83. The molecule has 0 bridgehead atoms. The Morgan fingerprint density at radius 1 is 0.575 bits per heavy atom. The standard InChI is InChI=1S/C22H46N.C12H20O4.BrH/c1-5-7-8-9-10-11-12-13-14-15-16-17-18-19-20-22-23(3,4)21-6-2;1-3-5-9-15-11(13)7-8-12(14)16-10-6-4-2;/h6H,2,5,7-22H2,1,3-4H3;7-8H,3-6,9-10H2,1-2H3;1H/q+1;;/p-1/b;8-7-;. The first-order chi connectivity index (χ1) is 18.8. The Hall–Kier alpha value is -1.14. The van der Waals surface area contributed by atoms with Crippen LogP contribution in [0, 0.1) is 0 Å². The third kappa shape index (κ3) is 36.9. The molecule has 0 aliphatic carbocycles. The van der Waals surface area contributed by atoms with Gasteiger partial charge in [-0.1, -0.05) is 124 Å². The fourth-order valence-electron chi connectivity index (χ4n) is 4.22. The molecule has 0 aliphatic heterocycles. The van der Waals surface area contributed by atoms with E-state index in [0.29, 0.717) is 13.2 Å².